The van der Waals surface area contributed by atoms with E-state index in [4.69, 9.17) is 5.26 Å². The number of pyridine rings is 1. The summed E-state index contributed by atoms with van der Waals surface area (Å²) in [4.78, 5) is 29.8. The Hall–Kier alpha value is -2.73. The van der Waals surface area contributed by atoms with Gasteiger partial charge in [0, 0.05) is 39.4 Å². The summed E-state index contributed by atoms with van der Waals surface area (Å²) in [5.74, 6) is 0.146. The number of amides is 1. The average Bonchev–Trinajstić information content (AvgIpc) is 2.54. The zero-order valence-corrected chi connectivity index (χ0v) is 12.2. The molecule has 1 fully saturated rings. The third-order valence-electron chi connectivity index (χ3n) is 3.53. The molecule has 9 nitrogen and oxygen atoms in total. The fourth-order valence-electron chi connectivity index (χ4n) is 2.34. The lowest BCUT2D eigenvalue weighted by Gasteiger charge is -2.34. The van der Waals surface area contributed by atoms with Crippen LogP contribution in [0.1, 0.15) is 5.56 Å². The van der Waals surface area contributed by atoms with Gasteiger partial charge in [0.05, 0.1) is 11.5 Å². The van der Waals surface area contributed by atoms with E-state index in [1.54, 1.807) is 11.9 Å². The Morgan fingerprint density at radius 3 is 2.73 bits per heavy atom. The Morgan fingerprint density at radius 1 is 1.50 bits per heavy atom. The summed E-state index contributed by atoms with van der Waals surface area (Å²) in [7, 11) is 1.58. The third kappa shape index (κ3) is 3.29. The summed E-state index contributed by atoms with van der Waals surface area (Å²) in [6.45, 7) is 2.53. The first-order valence-electron chi connectivity index (χ1n) is 6.78. The Morgan fingerprint density at radius 2 is 2.18 bits per heavy atom. The first-order chi connectivity index (χ1) is 10.6. The molecule has 0 atom stereocenters. The number of nitro groups is 1. The molecular formula is C13H16N6O3. The largest absolute Gasteiger partial charge is 0.358 e. The molecule has 0 aliphatic carbocycles. The molecule has 1 N–H and O–H groups in total. The number of piperazine rings is 1. The Labute approximate surface area is 127 Å². The van der Waals surface area contributed by atoms with Crippen LogP contribution in [-0.4, -0.2) is 60.5 Å². The lowest BCUT2D eigenvalue weighted by Crippen LogP contribution is -2.49. The molecule has 0 unspecified atom stereocenters. The van der Waals surface area contributed by atoms with Crippen LogP contribution in [0, 0.1) is 21.4 Å². The fraction of sp³-hybridized carbons (Fsp3) is 0.462. The molecule has 1 aromatic heterocycles. The summed E-state index contributed by atoms with van der Waals surface area (Å²) in [5.41, 5.74) is -0.257. The van der Waals surface area contributed by atoms with E-state index in [0.29, 0.717) is 32.7 Å². The molecule has 116 valence electrons. The second-order valence-corrected chi connectivity index (χ2v) is 4.84. The lowest BCUT2D eigenvalue weighted by molar-refractivity contribution is -0.384. The van der Waals surface area contributed by atoms with Crippen LogP contribution in [-0.2, 0) is 4.79 Å². The molecule has 9 heteroatoms. The standard InChI is InChI=1S/C13H16N6O3/c1-15-11(20)9-17-4-6-18(7-5-17)13-12(19(21)22)10(8-14)2-3-16-13/h2-3H,4-7,9H2,1H3,(H,15,20). The number of carbonyl (C=O) groups is 1. The van der Waals surface area contributed by atoms with Crippen molar-refractivity contribution in [2.75, 3.05) is 44.7 Å². The highest BCUT2D eigenvalue weighted by atomic mass is 16.6. The Bertz CT molecular complexity index is 619. The molecule has 1 saturated heterocycles. The van der Waals surface area contributed by atoms with Crippen LogP contribution in [0.5, 0.6) is 0 Å². The van der Waals surface area contributed by atoms with Crippen LogP contribution >= 0.6 is 0 Å². The molecular weight excluding hydrogens is 288 g/mol. The van der Waals surface area contributed by atoms with E-state index in [0.717, 1.165) is 0 Å². The maximum atomic E-state index is 11.4. The summed E-state index contributed by atoms with van der Waals surface area (Å²) in [5, 5.41) is 22.8. The number of likely N-dealkylation sites (N-methyl/N-ethyl adjacent to an activating group) is 1. The topological polar surface area (TPSA) is 115 Å². The molecule has 1 amide bonds. The minimum atomic E-state index is -0.572. The van der Waals surface area contributed by atoms with Gasteiger partial charge in [0.15, 0.2) is 0 Å². The van der Waals surface area contributed by atoms with E-state index in [2.05, 4.69) is 10.3 Å². The van der Waals surface area contributed by atoms with Gasteiger partial charge in [-0.15, -0.1) is 0 Å². The van der Waals surface area contributed by atoms with Crippen molar-refractivity contribution >= 4 is 17.4 Å². The van der Waals surface area contributed by atoms with E-state index < -0.39 is 4.92 Å². The van der Waals surface area contributed by atoms with Crippen LogP contribution < -0.4 is 10.2 Å². The van der Waals surface area contributed by atoms with Gasteiger partial charge in [-0.25, -0.2) is 4.98 Å². The van der Waals surface area contributed by atoms with Crippen molar-refractivity contribution in [1.82, 2.24) is 15.2 Å². The van der Waals surface area contributed by atoms with Crippen molar-refractivity contribution < 1.29 is 9.72 Å². The van der Waals surface area contributed by atoms with Gasteiger partial charge in [0.25, 0.3) is 0 Å². The number of nitrogens with one attached hydrogen (secondary N) is 1. The Kier molecular flexibility index (Phi) is 4.85. The van der Waals surface area contributed by atoms with Crippen molar-refractivity contribution in [2.45, 2.75) is 0 Å². The number of anilines is 1. The summed E-state index contributed by atoms with van der Waals surface area (Å²) >= 11 is 0. The van der Waals surface area contributed by atoms with Gasteiger partial charge in [0.1, 0.15) is 11.6 Å². The van der Waals surface area contributed by atoms with Crippen molar-refractivity contribution in [2.24, 2.45) is 0 Å². The van der Waals surface area contributed by atoms with Crippen LogP contribution in [0.4, 0.5) is 11.5 Å². The van der Waals surface area contributed by atoms with Gasteiger partial charge in [-0.2, -0.15) is 5.26 Å². The van der Waals surface area contributed by atoms with Crippen molar-refractivity contribution in [3.8, 4) is 6.07 Å². The van der Waals surface area contributed by atoms with Crippen LogP contribution in [0.25, 0.3) is 0 Å². The van der Waals surface area contributed by atoms with Crippen molar-refractivity contribution in [3.63, 3.8) is 0 Å². The average molecular weight is 304 g/mol. The fourth-order valence-corrected chi connectivity index (χ4v) is 2.34. The van der Waals surface area contributed by atoms with Crippen LogP contribution in [0.2, 0.25) is 0 Å². The zero-order chi connectivity index (χ0) is 16.1. The van der Waals surface area contributed by atoms with E-state index in [9.17, 15) is 14.9 Å². The molecule has 0 aromatic carbocycles. The molecule has 1 aliphatic heterocycles. The zero-order valence-electron chi connectivity index (χ0n) is 12.2. The normalized spacial score (nSPS) is 15.2. The highest BCUT2D eigenvalue weighted by Gasteiger charge is 2.28. The van der Waals surface area contributed by atoms with Gasteiger partial charge in [0.2, 0.25) is 11.7 Å². The summed E-state index contributed by atoms with van der Waals surface area (Å²) in [6.07, 6.45) is 1.40. The maximum absolute atomic E-state index is 11.4. The SMILES string of the molecule is CNC(=O)CN1CCN(c2nccc(C#N)c2[N+](=O)[O-])CC1. The monoisotopic (exact) mass is 304 g/mol. The number of nitrogens with zero attached hydrogens (tertiary/aromatic N) is 5. The molecule has 1 aliphatic rings. The van der Waals surface area contributed by atoms with E-state index in [-0.39, 0.29) is 23.0 Å². The predicted molar refractivity (Wildman–Crippen MR) is 78.3 cm³/mol. The molecule has 0 bridgehead atoms. The van der Waals surface area contributed by atoms with E-state index >= 15 is 0 Å². The first-order valence-corrected chi connectivity index (χ1v) is 6.78. The minimum Gasteiger partial charge on any atom is -0.358 e. The van der Waals surface area contributed by atoms with Gasteiger partial charge in [-0.1, -0.05) is 0 Å². The van der Waals surface area contributed by atoms with Gasteiger partial charge >= 0.3 is 5.69 Å². The number of nitriles is 1. The van der Waals surface area contributed by atoms with E-state index in [1.165, 1.54) is 12.3 Å². The molecule has 2 rings (SSSR count). The molecule has 0 radical (unpaired) electrons. The number of hydrogen-bond acceptors (Lipinski definition) is 7. The van der Waals surface area contributed by atoms with Crippen molar-refractivity contribution in [1.29, 1.82) is 5.26 Å². The predicted octanol–water partition coefficient (Wildman–Crippen LogP) is -0.271. The minimum absolute atomic E-state index is 0.00258. The highest BCUT2D eigenvalue weighted by Crippen LogP contribution is 2.29. The number of carbonyl (C=O) groups excluding carboxylic acids is 1. The van der Waals surface area contributed by atoms with Gasteiger partial charge in [-0.3, -0.25) is 19.8 Å². The molecule has 1 aromatic rings. The van der Waals surface area contributed by atoms with Gasteiger partial charge in [-0.05, 0) is 6.07 Å². The highest BCUT2D eigenvalue weighted by molar-refractivity contribution is 5.77. The molecule has 2 heterocycles. The molecule has 0 saturated carbocycles. The summed E-state index contributed by atoms with van der Waals surface area (Å²) < 4.78 is 0. The summed E-state index contributed by atoms with van der Waals surface area (Å²) in [6, 6.07) is 3.16. The number of aromatic nitrogens is 1. The number of hydrogen-bond donors (Lipinski definition) is 1. The van der Waals surface area contributed by atoms with Gasteiger partial charge < -0.3 is 10.2 Å². The molecule has 22 heavy (non-hydrogen) atoms. The van der Waals surface area contributed by atoms with Crippen LogP contribution in [0.15, 0.2) is 12.3 Å². The quantitative estimate of drug-likeness (QED) is 0.601. The second kappa shape index (κ2) is 6.82. The smallest absolute Gasteiger partial charge is 0.329 e. The van der Waals surface area contributed by atoms with E-state index in [1.807, 2.05) is 11.0 Å². The second-order valence-electron chi connectivity index (χ2n) is 4.84. The molecule has 0 spiro atoms. The third-order valence-corrected chi connectivity index (χ3v) is 3.53. The van der Waals surface area contributed by atoms with Crippen LogP contribution in [0.3, 0.4) is 0 Å². The maximum Gasteiger partial charge on any atom is 0.329 e. The first kappa shape index (κ1) is 15.7. The Balaban J connectivity index is 2.14. The number of rotatable bonds is 4. The van der Waals surface area contributed by atoms with Crippen molar-refractivity contribution in [3.05, 3.63) is 27.9 Å². The lowest BCUT2D eigenvalue weighted by atomic mass is 10.2.